The molecule has 2 fully saturated rings. The Morgan fingerprint density at radius 3 is 2.61 bits per heavy atom. The van der Waals surface area contributed by atoms with Crippen molar-refractivity contribution in [2.24, 2.45) is 0 Å². The first-order valence-electron chi connectivity index (χ1n) is 11.3. The Balaban J connectivity index is 1.22. The molecule has 0 spiro atoms. The number of aromatic nitrogens is 3. The highest BCUT2D eigenvalue weighted by atomic mass is 35.5. The molecule has 0 N–H and O–H groups in total. The number of halogens is 1. The molecule has 0 unspecified atom stereocenters. The van der Waals surface area contributed by atoms with E-state index in [0.717, 1.165) is 30.1 Å². The Kier molecular flexibility index (Phi) is 6.17. The van der Waals surface area contributed by atoms with Gasteiger partial charge in [-0.3, -0.25) is 4.79 Å². The number of methoxy groups -OCH3 is 1. The third-order valence-electron chi connectivity index (χ3n) is 6.44. The van der Waals surface area contributed by atoms with Crippen LogP contribution in [0.15, 0.2) is 41.1 Å². The minimum Gasteiger partial charge on any atom is -0.496 e. The van der Waals surface area contributed by atoms with Crippen molar-refractivity contribution in [3.63, 3.8) is 0 Å². The average Bonchev–Trinajstić information content (AvgIpc) is 3.56. The van der Waals surface area contributed by atoms with Gasteiger partial charge in [0, 0.05) is 48.9 Å². The molecule has 1 aliphatic carbocycles. The average molecular weight is 468 g/mol. The van der Waals surface area contributed by atoms with Gasteiger partial charge in [-0.15, -0.1) is 0 Å². The molecule has 1 saturated heterocycles. The summed E-state index contributed by atoms with van der Waals surface area (Å²) in [4.78, 5) is 26.2. The molecular weight excluding hydrogens is 442 g/mol. The van der Waals surface area contributed by atoms with Crippen LogP contribution in [0.1, 0.15) is 47.8 Å². The van der Waals surface area contributed by atoms with Crippen molar-refractivity contribution in [2.75, 3.05) is 38.2 Å². The van der Waals surface area contributed by atoms with E-state index < -0.39 is 0 Å². The van der Waals surface area contributed by atoms with Gasteiger partial charge in [0.2, 0.25) is 11.7 Å². The maximum absolute atomic E-state index is 13.0. The van der Waals surface area contributed by atoms with Gasteiger partial charge in [0.1, 0.15) is 11.6 Å². The molecule has 3 aromatic rings. The molecule has 1 aliphatic heterocycles. The molecule has 9 heteroatoms. The van der Waals surface area contributed by atoms with Crippen LogP contribution >= 0.6 is 11.6 Å². The van der Waals surface area contributed by atoms with Crippen molar-refractivity contribution in [1.29, 1.82) is 0 Å². The van der Waals surface area contributed by atoms with E-state index in [0.29, 0.717) is 54.3 Å². The summed E-state index contributed by atoms with van der Waals surface area (Å²) in [5.74, 6) is 3.04. The predicted octanol–water partition coefficient (Wildman–Crippen LogP) is 4.41. The van der Waals surface area contributed by atoms with E-state index in [1.807, 2.05) is 17.0 Å². The monoisotopic (exact) mass is 467 g/mol. The quantitative estimate of drug-likeness (QED) is 0.549. The first kappa shape index (κ1) is 21.7. The Morgan fingerprint density at radius 1 is 1.12 bits per heavy atom. The fraction of sp³-hybridized carbons (Fsp3) is 0.417. The fourth-order valence-electron chi connectivity index (χ4n) is 4.55. The number of piperazine rings is 1. The van der Waals surface area contributed by atoms with E-state index in [1.165, 1.54) is 12.8 Å². The van der Waals surface area contributed by atoms with Crippen molar-refractivity contribution in [3.8, 4) is 17.1 Å². The summed E-state index contributed by atoms with van der Waals surface area (Å²) in [6, 6.07) is 9.04. The van der Waals surface area contributed by atoms with Crippen LogP contribution in [0.3, 0.4) is 0 Å². The van der Waals surface area contributed by atoms with Crippen molar-refractivity contribution in [2.45, 2.75) is 31.6 Å². The number of nitrogens with zero attached hydrogens (tertiary/aromatic N) is 5. The topological polar surface area (TPSA) is 84.6 Å². The number of hydrogen-bond donors (Lipinski definition) is 0. The zero-order chi connectivity index (χ0) is 22.8. The summed E-state index contributed by atoms with van der Waals surface area (Å²) >= 11 is 6.09. The largest absolute Gasteiger partial charge is 0.496 e. The molecule has 1 saturated carbocycles. The molecule has 0 bridgehead atoms. The SMILES string of the molecule is COc1ccc(Cl)cc1C(=O)N1CCN(c2ccc(-c3noc(C4CCCC4)n3)cn2)CC1. The molecule has 8 nitrogen and oxygen atoms in total. The first-order valence-corrected chi connectivity index (χ1v) is 11.7. The van der Waals surface area contributed by atoms with Gasteiger partial charge in [0.15, 0.2) is 0 Å². The normalized spacial score (nSPS) is 16.9. The summed E-state index contributed by atoms with van der Waals surface area (Å²) in [6.07, 6.45) is 6.48. The molecule has 172 valence electrons. The van der Waals surface area contributed by atoms with Crippen molar-refractivity contribution in [3.05, 3.63) is 53.0 Å². The van der Waals surface area contributed by atoms with Gasteiger partial charge in [-0.1, -0.05) is 29.6 Å². The molecule has 5 rings (SSSR count). The minimum atomic E-state index is -0.0764. The van der Waals surface area contributed by atoms with E-state index in [9.17, 15) is 4.79 Å². The van der Waals surface area contributed by atoms with Crippen LogP contribution in [0.25, 0.3) is 11.4 Å². The Bertz CT molecular complexity index is 1120. The standard InChI is InChI=1S/C24H26ClN5O3/c1-32-20-8-7-18(25)14-19(20)24(31)30-12-10-29(11-13-30)21-9-6-17(15-26-21)22-27-23(33-28-22)16-4-2-3-5-16/h6-9,14-16H,2-5,10-13H2,1H3. The number of carbonyl (C=O) groups excluding carboxylic acids is 1. The number of hydrogen-bond acceptors (Lipinski definition) is 7. The van der Waals surface area contributed by atoms with Gasteiger partial charge in [0.05, 0.1) is 12.7 Å². The number of amides is 1. The molecule has 3 heterocycles. The highest BCUT2D eigenvalue weighted by Gasteiger charge is 2.26. The molecular formula is C24H26ClN5O3. The van der Waals surface area contributed by atoms with Gasteiger partial charge in [-0.2, -0.15) is 4.98 Å². The number of ether oxygens (including phenoxy) is 1. The highest BCUT2D eigenvalue weighted by molar-refractivity contribution is 6.31. The van der Waals surface area contributed by atoms with Crippen LogP contribution in [0.4, 0.5) is 5.82 Å². The fourth-order valence-corrected chi connectivity index (χ4v) is 4.72. The van der Waals surface area contributed by atoms with E-state index >= 15 is 0 Å². The molecule has 0 atom stereocenters. The maximum Gasteiger partial charge on any atom is 0.257 e. The Morgan fingerprint density at radius 2 is 1.91 bits per heavy atom. The third kappa shape index (κ3) is 4.53. The first-order chi connectivity index (χ1) is 16.1. The summed E-state index contributed by atoms with van der Waals surface area (Å²) in [7, 11) is 1.55. The molecule has 0 radical (unpaired) electrons. The van der Waals surface area contributed by atoms with Gasteiger partial charge >= 0.3 is 0 Å². The van der Waals surface area contributed by atoms with Crippen LogP contribution in [0.2, 0.25) is 5.02 Å². The third-order valence-corrected chi connectivity index (χ3v) is 6.67. The Hall–Kier alpha value is -3.13. The van der Waals surface area contributed by atoms with Crippen LogP contribution in [0, 0.1) is 0 Å². The van der Waals surface area contributed by atoms with Crippen molar-refractivity contribution < 1.29 is 14.1 Å². The summed E-state index contributed by atoms with van der Waals surface area (Å²) < 4.78 is 10.8. The minimum absolute atomic E-state index is 0.0764. The van der Waals surface area contributed by atoms with Crippen LogP contribution in [0.5, 0.6) is 5.75 Å². The zero-order valence-corrected chi connectivity index (χ0v) is 19.3. The van der Waals surface area contributed by atoms with E-state index in [-0.39, 0.29) is 5.91 Å². The number of benzene rings is 1. The molecule has 2 aliphatic rings. The van der Waals surface area contributed by atoms with Gasteiger partial charge in [0.25, 0.3) is 5.91 Å². The van der Waals surface area contributed by atoms with Crippen LogP contribution in [-0.2, 0) is 0 Å². The lowest BCUT2D eigenvalue weighted by molar-refractivity contribution is 0.0743. The highest BCUT2D eigenvalue weighted by Crippen LogP contribution is 2.34. The molecule has 2 aromatic heterocycles. The van der Waals surface area contributed by atoms with E-state index in [1.54, 1.807) is 31.5 Å². The van der Waals surface area contributed by atoms with E-state index in [2.05, 4.69) is 20.0 Å². The smallest absolute Gasteiger partial charge is 0.257 e. The second-order valence-corrected chi connectivity index (χ2v) is 8.90. The molecule has 1 aromatic carbocycles. The predicted molar refractivity (Wildman–Crippen MR) is 125 cm³/mol. The maximum atomic E-state index is 13.0. The van der Waals surface area contributed by atoms with Gasteiger partial charge < -0.3 is 19.1 Å². The van der Waals surface area contributed by atoms with Crippen LogP contribution in [-0.4, -0.2) is 59.2 Å². The second-order valence-electron chi connectivity index (χ2n) is 8.47. The Labute approximate surface area is 197 Å². The summed E-state index contributed by atoms with van der Waals surface area (Å²) in [6.45, 7) is 2.56. The number of anilines is 1. The number of pyridine rings is 1. The zero-order valence-electron chi connectivity index (χ0n) is 18.5. The van der Waals surface area contributed by atoms with Gasteiger partial charge in [-0.25, -0.2) is 4.98 Å². The second kappa shape index (κ2) is 9.39. The number of rotatable bonds is 5. The van der Waals surface area contributed by atoms with Crippen LogP contribution < -0.4 is 9.64 Å². The van der Waals surface area contributed by atoms with Crippen molar-refractivity contribution >= 4 is 23.3 Å². The summed E-state index contributed by atoms with van der Waals surface area (Å²) in [5.41, 5.74) is 1.33. The lowest BCUT2D eigenvalue weighted by atomic mass is 10.1. The van der Waals surface area contributed by atoms with E-state index in [4.69, 9.17) is 20.9 Å². The van der Waals surface area contributed by atoms with Gasteiger partial charge in [-0.05, 0) is 43.2 Å². The number of carbonyl (C=O) groups is 1. The molecule has 33 heavy (non-hydrogen) atoms. The van der Waals surface area contributed by atoms with Crippen molar-refractivity contribution in [1.82, 2.24) is 20.0 Å². The lowest BCUT2D eigenvalue weighted by Gasteiger charge is -2.35. The lowest BCUT2D eigenvalue weighted by Crippen LogP contribution is -2.49. The molecule has 1 amide bonds. The summed E-state index contributed by atoms with van der Waals surface area (Å²) in [5, 5.41) is 4.66.